The summed E-state index contributed by atoms with van der Waals surface area (Å²) in [5.41, 5.74) is 2.74. The fourth-order valence-corrected chi connectivity index (χ4v) is 3.71. The van der Waals surface area contributed by atoms with Crippen molar-refractivity contribution in [3.05, 3.63) is 77.8 Å². The molecule has 1 aliphatic rings. The Morgan fingerprint density at radius 3 is 2.59 bits per heavy atom. The third-order valence-corrected chi connectivity index (χ3v) is 5.26. The third-order valence-electron chi connectivity index (χ3n) is 5.26. The number of carbonyl (C=O) groups is 1. The molecule has 0 unspecified atom stereocenters. The minimum Gasteiger partial charge on any atom is -0.352 e. The first kappa shape index (κ1) is 19.1. The van der Waals surface area contributed by atoms with E-state index < -0.39 is 0 Å². The van der Waals surface area contributed by atoms with Crippen LogP contribution in [0.4, 0.5) is 15.9 Å². The van der Waals surface area contributed by atoms with Gasteiger partial charge in [0, 0.05) is 23.8 Å². The van der Waals surface area contributed by atoms with Gasteiger partial charge in [-0.15, -0.1) is 0 Å². The largest absolute Gasteiger partial charge is 0.352 e. The molecule has 29 heavy (non-hydrogen) atoms. The number of hydrogen-bond donors (Lipinski definition) is 2. The van der Waals surface area contributed by atoms with Crippen LogP contribution in [0.3, 0.4) is 0 Å². The van der Waals surface area contributed by atoms with Gasteiger partial charge in [-0.1, -0.05) is 35.9 Å². The van der Waals surface area contributed by atoms with Gasteiger partial charge in [-0.25, -0.2) is 9.37 Å². The molecule has 0 atom stereocenters. The Morgan fingerprint density at radius 2 is 1.83 bits per heavy atom. The normalized spacial score (nSPS) is 13.8. The van der Waals surface area contributed by atoms with Crippen molar-refractivity contribution in [2.24, 2.45) is 0 Å². The van der Waals surface area contributed by atoms with E-state index in [2.05, 4.69) is 21.7 Å². The van der Waals surface area contributed by atoms with Gasteiger partial charge in [0.1, 0.15) is 11.6 Å². The molecule has 0 saturated carbocycles. The van der Waals surface area contributed by atoms with Crippen molar-refractivity contribution in [2.75, 3.05) is 11.9 Å². The summed E-state index contributed by atoms with van der Waals surface area (Å²) < 4.78 is 13.1. The zero-order chi connectivity index (χ0) is 20.1. The second-order valence-corrected chi connectivity index (χ2v) is 7.31. The summed E-state index contributed by atoms with van der Waals surface area (Å²) in [4.78, 5) is 17.2. The van der Waals surface area contributed by atoms with Gasteiger partial charge in [0.15, 0.2) is 0 Å². The van der Waals surface area contributed by atoms with Crippen LogP contribution >= 0.6 is 0 Å². The summed E-state index contributed by atoms with van der Waals surface area (Å²) >= 11 is 0. The highest BCUT2D eigenvalue weighted by Gasteiger charge is 2.14. The van der Waals surface area contributed by atoms with E-state index in [-0.39, 0.29) is 11.7 Å². The van der Waals surface area contributed by atoms with E-state index in [0.29, 0.717) is 17.9 Å². The van der Waals surface area contributed by atoms with Gasteiger partial charge >= 0.3 is 0 Å². The van der Waals surface area contributed by atoms with Crippen LogP contribution in [0.25, 0.3) is 10.8 Å². The molecule has 0 spiro atoms. The molecule has 1 aromatic heterocycles. The number of allylic oxidation sites excluding steroid dienone is 1. The molecule has 1 aliphatic carbocycles. The van der Waals surface area contributed by atoms with Crippen molar-refractivity contribution in [1.82, 2.24) is 10.3 Å². The molecule has 5 heteroatoms. The van der Waals surface area contributed by atoms with Crippen LogP contribution in [0.1, 0.15) is 42.5 Å². The lowest BCUT2D eigenvalue weighted by atomic mass is 9.97. The van der Waals surface area contributed by atoms with E-state index >= 15 is 0 Å². The maximum absolute atomic E-state index is 13.1. The maximum Gasteiger partial charge on any atom is 0.253 e. The zero-order valence-electron chi connectivity index (χ0n) is 16.2. The lowest BCUT2D eigenvalue weighted by molar-refractivity contribution is 0.0955. The van der Waals surface area contributed by atoms with E-state index in [1.54, 1.807) is 18.3 Å². The van der Waals surface area contributed by atoms with Crippen molar-refractivity contribution < 1.29 is 9.18 Å². The minimum atomic E-state index is -0.288. The Labute approximate surface area is 169 Å². The van der Waals surface area contributed by atoms with Gasteiger partial charge in [0.25, 0.3) is 5.91 Å². The lowest BCUT2D eigenvalue weighted by Gasteiger charge is -2.14. The van der Waals surface area contributed by atoms with Gasteiger partial charge in [0.2, 0.25) is 0 Å². The smallest absolute Gasteiger partial charge is 0.253 e. The first-order chi connectivity index (χ1) is 14.2. The Hall–Kier alpha value is -3.21. The number of benzene rings is 2. The highest BCUT2D eigenvalue weighted by molar-refractivity contribution is 6.09. The van der Waals surface area contributed by atoms with Crippen LogP contribution in [0.2, 0.25) is 0 Å². The molecule has 2 N–H and O–H groups in total. The van der Waals surface area contributed by atoms with E-state index in [1.807, 2.05) is 24.3 Å². The predicted molar refractivity (Wildman–Crippen MR) is 115 cm³/mol. The number of anilines is 2. The van der Waals surface area contributed by atoms with Gasteiger partial charge in [-0.05, 0) is 61.8 Å². The van der Waals surface area contributed by atoms with Crippen molar-refractivity contribution >= 4 is 28.2 Å². The molecule has 2 aromatic carbocycles. The summed E-state index contributed by atoms with van der Waals surface area (Å²) in [5, 5.41) is 7.92. The number of aromatic nitrogens is 1. The summed E-state index contributed by atoms with van der Waals surface area (Å²) in [6.07, 6.45) is 9.63. The number of hydrogen-bond acceptors (Lipinski definition) is 3. The van der Waals surface area contributed by atoms with E-state index in [9.17, 15) is 9.18 Å². The van der Waals surface area contributed by atoms with Crippen molar-refractivity contribution in [2.45, 2.75) is 32.1 Å². The number of halogens is 1. The van der Waals surface area contributed by atoms with Gasteiger partial charge < -0.3 is 10.6 Å². The molecule has 0 fully saturated rings. The second kappa shape index (κ2) is 8.86. The Balaban J connectivity index is 1.52. The number of amides is 1. The summed E-state index contributed by atoms with van der Waals surface area (Å²) in [6.45, 7) is 0.634. The van der Waals surface area contributed by atoms with E-state index in [0.717, 1.165) is 35.7 Å². The standard InChI is InChI=1S/C24H24FN3O/c25-18-10-12-19(13-11-18)28-23-21-9-5-4-8-20(21)22(16-27-23)24(29)26-15-14-17-6-2-1-3-7-17/h4-6,8-13,16H,1-3,7,14-15H2,(H,26,29)(H,27,28). The molecular formula is C24H24FN3O. The molecule has 148 valence electrons. The average molecular weight is 389 g/mol. The molecule has 0 bridgehead atoms. The SMILES string of the molecule is O=C(NCCC1=CCCCC1)c1cnc(Nc2ccc(F)cc2)c2ccccc12. The molecular weight excluding hydrogens is 365 g/mol. The topological polar surface area (TPSA) is 54.0 Å². The van der Waals surface area contributed by atoms with Crippen LogP contribution < -0.4 is 10.6 Å². The minimum absolute atomic E-state index is 0.113. The van der Waals surface area contributed by atoms with E-state index in [1.165, 1.54) is 30.5 Å². The van der Waals surface area contributed by atoms with Crippen molar-refractivity contribution in [1.29, 1.82) is 0 Å². The number of carbonyl (C=O) groups excluding carboxylic acids is 1. The summed E-state index contributed by atoms with van der Waals surface area (Å²) in [6, 6.07) is 13.8. The van der Waals surface area contributed by atoms with Crippen LogP contribution in [-0.2, 0) is 0 Å². The van der Waals surface area contributed by atoms with Gasteiger partial charge in [-0.2, -0.15) is 0 Å². The van der Waals surface area contributed by atoms with Crippen LogP contribution in [0, 0.1) is 5.82 Å². The second-order valence-electron chi connectivity index (χ2n) is 7.31. The molecule has 3 aromatic rings. The van der Waals surface area contributed by atoms with Crippen molar-refractivity contribution in [3.8, 4) is 0 Å². The summed E-state index contributed by atoms with van der Waals surface area (Å²) in [7, 11) is 0. The number of fused-ring (bicyclic) bond motifs is 1. The van der Waals surface area contributed by atoms with Crippen LogP contribution in [-0.4, -0.2) is 17.4 Å². The molecule has 4 nitrogen and oxygen atoms in total. The zero-order valence-corrected chi connectivity index (χ0v) is 16.2. The fraction of sp³-hybridized carbons (Fsp3) is 0.250. The van der Waals surface area contributed by atoms with E-state index in [4.69, 9.17) is 0 Å². The fourth-order valence-electron chi connectivity index (χ4n) is 3.71. The molecule has 1 amide bonds. The number of rotatable bonds is 6. The third kappa shape index (κ3) is 4.62. The van der Waals surface area contributed by atoms with Crippen LogP contribution in [0.15, 0.2) is 66.4 Å². The molecule has 0 aliphatic heterocycles. The molecule has 1 heterocycles. The average Bonchev–Trinajstić information content (AvgIpc) is 2.76. The molecule has 0 radical (unpaired) electrons. The Morgan fingerprint density at radius 1 is 1.03 bits per heavy atom. The number of pyridine rings is 1. The first-order valence-electron chi connectivity index (χ1n) is 10.1. The van der Waals surface area contributed by atoms with Gasteiger partial charge in [0.05, 0.1) is 5.56 Å². The highest BCUT2D eigenvalue weighted by atomic mass is 19.1. The maximum atomic E-state index is 13.1. The number of nitrogens with one attached hydrogen (secondary N) is 2. The summed E-state index contributed by atoms with van der Waals surface area (Å²) in [5.74, 6) is 0.235. The Kier molecular flexibility index (Phi) is 5.84. The molecule has 0 saturated heterocycles. The lowest BCUT2D eigenvalue weighted by Crippen LogP contribution is -2.25. The Bertz CT molecular complexity index is 1040. The monoisotopic (exact) mass is 389 g/mol. The highest BCUT2D eigenvalue weighted by Crippen LogP contribution is 2.27. The van der Waals surface area contributed by atoms with Crippen LogP contribution in [0.5, 0.6) is 0 Å². The first-order valence-corrected chi connectivity index (χ1v) is 10.1. The van der Waals surface area contributed by atoms with Gasteiger partial charge in [-0.3, -0.25) is 4.79 Å². The van der Waals surface area contributed by atoms with Crippen molar-refractivity contribution in [3.63, 3.8) is 0 Å². The quantitative estimate of drug-likeness (QED) is 0.529. The number of nitrogens with zero attached hydrogens (tertiary/aromatic N) is 1. The predicted octanol–water partition coefficient (Wildman–Crippen LogP) is 5.74. The molecule has 4 rings (SSSR count).